The molecule has 3 heterocycles. The van der Waals surface area contributed by atoms with Crippen LogP contribution in [0.5, 0.6) is 0 Å². The number of aryl methyl sites for hydroxylation is 1. The van der Waals surface area contributed by atoms with Crippen molar-refractivity contribution in [2.45, 2.75) is 20.0 Å². The Labute approximate surface area is 133 Å². The summed E-state index contributed by atoms with van der Waals surface area (Å²) in [6, 6.07) is 5.49. The summed E-state index contributed by atoms with van der Waals surface area (Å²) in [6.07, 6.45) is 1.26. The van der Waals surface area contributed by atoms with Crippen LogP contribution in [-0.2, 0) is 13.1 Å². The Hall–Kier alpha value is -2.99. The third-order valence-electron chi connectivity index (χ3n) is 3.20. The van der Waals surface area contributed by atoms with Gasteiger partial charge in [-0.15, -0.1) is 11.3 Å². The minimum Gasteiger partial charge on any atom is -0.337 e. The third-order valence-corrected chi connectivity index (χ3v) is 4.07. The lowest BCUT2D eigenvalue weighted by Gasteiger charge is -2.07. The van der Waals surface area contributed by atoms with E-state index >= 15 is 0 Å². The van der Waals surface area contributed by atoms with E-state index < -0.39 is 11.2 Å². The largest absolute Gasteiger partial charge is 0.337 e. The molecule has 0 aliphatic heterocycles. The van der Waals surface area contributed by atoms with Crippen molar-refractivity contribution in [1.29, 1.82) is 5.26 Å². The molecular formula is C14H11N5O3S. The second-order valence-corrected chi connectivity index (χ2v) is 5.55. The first-order valence-electron chi connectivity index (χ1n) is 6.75. The van der Waals surface area contributed by atoms with E-state index in [0.29, 0.717) is 12.4 Å². The fourth-order valence-electron chi connectivity index (χ4n) is 2.06. The molecule has 0 aliphatic rings. The maximum Gasteiger partial charge on any atom is 0.331 e. The molecule has 23 heavy (non-hydrogen) atoms. The molecule has 0 saturated carbocycles. The van der Waals surface area contributed by atoms with Gasteiger partial charge in [0, 0.05) is 12.7 Å². The van der Waals surface area contributed by atoms with Gasteiger partial charge in [0.2, 0.25) is 11.7 Å². The maximum absolute atomic E-state index is 12.3. The number of aromatic nitrogens is 4. The van der Waals surface area contributed by atoms with Crippen LogP contribution in [0.4, 0.5) is 0 Å². The molecule has 0 N–H and O–H groups in total. The monoisotopic (exact) mass is 329 g/mol. The van der Waals surface area contributed by atoms with Crippen LogP contribution in [0.15, 0.2) is 37.8 Å². The van der Waals surface area contributed by atoms with Crippen LogP contribution >= 0.6 is 11.3 Å². The second-order valence-electron chi connectivity index (χ2n) is 4.60. The van der Waals surface area contributed by atoms with E-state index in [1.807, 2.05) is 17.5 Å². The average molecular weight is 329 g/mol. The Balaban J connectivity index is 2.02. The smallest absolute Gasteiger partial charge is 0.331 e. The minimum absolute atomic E-state index is 0.107. The van der Waals surface area contributed by atoms with Crippen molar-refractivity contribution >= 4 is 11.3 Å². The van der Waals surface area contributed by atoms with E-state index in [1.54, 1.807) is 13.0 Å². The lowest BCUT2D eigenvalue weighted by Crippen LogP contribution is -2.41. The predicted molar refractivity (Wildman–Crippen MR) is 82.1 cm³/mol. The first kappa shape index (κ1) is 14.9. The quantitative estimate of drug-likeness (QED) is 0.708. The number of rotatable bonds is 4. The van der Waals surface area contributed by atoms with Gasteiger partial charge < -0.3 is 4.52 Å². The molecule has 0 aliphatic carbocycles. The summed E-state index contributed by atoms with van der Waals surface area (Å²) in [7, 11) is 0. The summed E-state index contributed by atoms with van der Waals surface area (Å²) in [5, 5.41) is 14.7. The van der Waals surface area contributed by atoms with Crippen LogP contribution in [0.3, 0.4) is 0 Å². The second kappa shape index (κ2) is 6.02. The molecule has 0 aromatic carbocycles. The fourth-order valence-corrected chi connectivity index (χ4v) is 2.71. The maximum atomic E-state index is 12.3. The van der Waals surface area contributed by atoms with Crippen molar-refractivity contribution in [2.24, 2.45) is 0 Å². The summed E-state index contributed by atoms with van der Waals surface area (Å²) >= 11 is 1.45. The van der Waals surface area contributed by atoms with Gasteiger partial charge in [0.1, 0.15) is 18.2 Å². The number of hydrogen-bond acceptors (Lipinski definition) is 7. The standard InChI is InChI=1S/C14H11N5O3S/c1-2-18-7-9(6-15)13(20)19(14(18)21)8-11-16-12(17-22-11)10-4-3-5-23-10/h3-5,7H,2,8H2,1H3. The highest BCUT2D eigenvalue weighted by atomic mass is 32.1. The highest BCUT2D eigenvalue weighted by molar-refractivity contribution is 7.13. The number of thiophene rings is 1. The Bertz CT molecular complexity index is 991. The van der Waals surface area contributed by atoms with Gasteiger partial charge in [-0.3, -0.25) is 9.36 Å². The molecule has 9 heteroatoms. The van der Waals surface area contributed by atoms with Gasteiger partial charge in [-0.05, 0) is 18.4 Å². The van der Waals surface area contributed by atoms with Gasteiger partial charge in [-0.1, -0.05) is 11.2 Å². The van der Waals surface area contributed by atoms with E-state index in [-0.39, 0.29) is 18.0 Å². The fraction of sp³-hybridized carbons (Fsp3) is 0.214. The van der Waals surface area contributed by atoms with Gasteiger partial charge in [0.25, 0.3) is 5.56 Å². The van der Waals surface area contributed by atoms with Crippen LogP contribution in [0, 0.1) is 11.3 Å². The Morgan fingerprint density at radius 1 is 1.43 bits per heavy atom. The molecule has 3 rings (SSSR count). The van der Waals surface area contributed by atoms with Crippen molar-refractivity contribution in [3.63, 3.8) is 0 Å². The van der Waals surface area contributed by atoms with Crippen LogP contribution in [-0.4, -0.2) is 19.3 Å². The van der Waals surface area contributed by atoms with Crippen molar-refractivity contribution in [2.75, 3.05) is 0 Å². The van der Waals surface area contributed by atoms with Crippen LogP contribution in [0.25, 0.3) is 10.7 Å². The molecule has 0 unspecified atom stereocenters. The lowest BCUT2D eigenvalue weighted by molar-refractivity contribution is 0.366. The van der Waals surface area contributed by atoms with E-state index in [1.165, 1.54) is 22.1 Å². The summed E-state index contributed by atoms with van der Waals surface area (Å²) in [5.74, 6) is 0.528. The van der Waals surface area contributed by atoms with Crippen LogP contribution in [0.1, 0.15) is 18.4 Å². The Kier molecular flexibility index (Phi) is 3.91. The van der Waals surface area contributed by atoms with Crippen molar-refractivity contribution in [3.05, 3.63) is 56.0 Å². The van der Waals surface area contributed by atoms with Gasteiger partial charge >= 0.3 is 5.69 Å². The molecule has 0 saturated heterocycles. The zero-order valence-electron chi connectivity index (χ0n) is 12.1. The molecule has 8 nitrogen and oxygen atoms in total. The summed E-state index contributed by atoms with van der Waals surface area (Å²) in [5.41, 5.74) is -1.30. The molecule has 0 radical (unpaired) electrons. The zero-order valence-corrected chi connectivity index (χ0v) is 12.9. The van der Waals surface area contributed by atoms with Gasteiger partial charge in [-0.2, -0.15) is 10.2 Å². The SMILES string of the molecule is CCn1cc(C#N)c(=O)n(Cc2nc(-c3cccs3)no2)c1=O. The number of hydrogen-bond donors (Lipinski definition) is 0. The first-order chi connectivity index (χ1) is 11.1. The van der Waals surface area contributed by atoms with Gasteiger partial charge in [0.15, 0.2) is 0 Å². The number of nitriles is 1. The molecule has 3 aromatic rings. The third kappa shape index (κ3) is 2.72. The molecule has 0 bridgehead atoms. The molecule has 3 aromatic heterocycles. The highest BCUT2D eigenvalue weighted by Gasteiger charge is 2.15. The molecule has 0 atom stereocenters. The van der Waals surface area contributed by atoms with E-state index in [9.17, 15) is 9.59 Å². The Morgan fingerprint density at radius 3 is 2.91 bits per heavy atom. The number of nitrogens with zero attached hydrogens (tertiary/aromatic N) is 5. The molecule has 116 valence electrons. The van der Waals surface area contributed by atoms with Crippen LogP contribution < -0.4 is 11.2 Å². The van der Waals surface area contributed by atoms with Crippen LogP contribution in [0.2, 0.25) is 0 Å². The normalized spacial score (nSPS) is 10.6. The topological polar surface area (TPSA) is 107 Å². The highest BCUT2D eigenvalue weighted by Crippen LogP contribution is 2.21. The molecule has 0 amide bonds. The average Bonchev–Trinajstić information content (AvgIpc) is 3.23. The van der Waals surface area contributed by atoms with E-state index in [2.05, 4.69) is 10.1 Å². The van der Waals surface area contributed by atoms with E-state index in [4.69, 9.17) is 9.78 Å². The molecular weight excluding hydrogens is 318 g/mol. The van der Waals surface area contributed by atoms with Gasteiger partial charge in [0.05, 0.1) is 4.88 Å². The first-order valence-corrected chi connectivity index (χ1v) is 7.63. The zero-order chi connectivity index (χ0) is 16.4. The summed E-state index contributed by atoms with van der Waals surface area (Å²) < 4.78 is 7.32. The van der Waals surface area contributed by atoms with Crippen molar-refractivity contribution in [3.8, 4) is 16.8 Å². The van der Waals surface area contributed by atoms with Crippen molar-refractivity contribution in [1.82, 2.24) is 19.3 Å². The van der Waals surface area contributed by atoms with Crippen molar-refractivity contribution < 1.29 is 4.52 Å². The molecule has 0 fully saturated rings. The molecule has 0 spiro atoms. The van der Waals surface area contributed by atoms with Gasteiger partial charge in [-0.25, -0.2) is 9.36 Å². The van der Waals surface area contributed by atoms with E-state index in [0.717, 1.165) is 9.44 Å². The predicted octanol–water partition coefficient (Wildman–Crippen LogP) is 1.06. The lowest BCUT2D eigenvalue weighted by atomic mass is 10.3. The summed E-state index contributed by atoms with van der Waals surface area (Å²) in [4.78, 5) is 29.4. The summed E-state index contributed by atoms with van der Waals surface area (Å²) in [6.45, 7) is 1.92. The Morgan fingerprint density at radius 2 is 2.26 bits per heavy atom. The minimum atomic E-state index is -0.668.